The molecule has 0 aromatic heterocycles. The maximum absolute atomic E-state index is 12.2. The number of aliphatic carboxylic acids is 1. The van der Waals surface area contributed by atoms with Gasteiger partial charge in [-0.25, -0.2) is 0 Å². The Morgan fingerprint density at radius 1 is 1.10 bits per heavy atom. The maximum Gasteiger partial charge on any atom is 0.310 e. The van der Waals surface area contributed by atoms with Crippen molar-refractivity contribution in [3.63, 3.8) is 0 Å². The molecule has 0 radical (unpaired) electrons. The van der Waals surface area contributed by atoms with Gasteiger partial charge in [0.25, 0.3) is 0 Å². The number of hydrogen-bond acceptors (Lipinski definition) is 6. The van der Waals surface area contributed by atoms with E-state index in [-0.39, 0.29) is 18.6 Å². The standard InChI is InChI=1S/C24H26O7/c1-17(30-23(28)11-7-6-10-22(26)27)24(18-12-14-20(29-2)15-13-18)31-21-9-5-3-4-8-19(21)16-25/h3-5,9,12-16H,6-8,10-11H2,1-2H3,(H,26,27)/b24-17+. The SMILES string of the molecule is COc1ccc(/C(OC2=C(C=O)CC=CC=C2)=C(/C)OC(=O)CCCCC(=O)O)cc1. The number of esters is 1. The highest BCUT2D eigenvalue weighted by Gasteiger charge is 2.17. The van der Waals surface area contributed by atoms with Gasteiger partial charge in [-0.3, -0.25) is 14.4 Å². The van der Waals surface area contributed by atoms with E-state index in [2.05, 4.69) is 0 Å². The molecular weight excluding hydrogens is 400 g/mol. The van der Waals surface area contributed by atoms with E-state index < -0.39 is 11.9 Å². The highest BCUT2D eigenvalue weighted by Crippen LogP contribution is 2.28. The van der Waals surface area contributed by atoms with Gasteiger partial charge >= 0.3 is 11.9 Å². The summed E-state index contributed by atoms with van der Waals surface area (Å²) in [6, 6.07) is 7.02. The predicted octanol–water partition coefficient (Wildman–Crippen LogP) is 4.56. The normalized spacial score (nSPS) is 13.9. The van der Waals surface area contributed by atoms with E-state index in [1.54, 1.807) is 50.5 Å². The van der Waals surface area contributed by atoms with Crippen LogP contribution in [0.5, 0.6) is 5.75 Å². The first-order chi connectivity index (χ1) is 14.9. The van der Waals surface area contributed by atoms with Crippen LogP contribution in [-0.4, -0.2) is 30.4 Å². The van der Waals surface area contributed by atoms with Gasteiger partial charge in [0.05, 0.1) is 7.11 Å². The van der Waals surface area contributed by atoms with Gasteiger partial charge in [0, 0.05) is 24.0 Å². The molecule has 0 aliphatic heterocycles. The third kappa shape index (κ3) is 7.62. The lowest BCUT2D eigenvalue weighted by Crippen LogP contribution is -2.07. The molecular formula is C24H26O7. The maximum atomic E-state index is 12.2. The number of unbranched alkanes of at least 4 members (excludes halogenated alkanes) is 1. The van der Waals surface area contributed by atoms with Crippen LogP contribution in [0.15, 0.2) is 65.7 Å². The summed E-state index contributed by atoms with van der Waals surface area (Å²) in [4.78, 5) is 34.3. The second-order valence-electron chi connectivity index (χ2n) is 6.79. The van der Waals surface area contributed by atoms with E-state index in [0.29, 0.717) is 47.7 Å². The number of hydrogen-bond donors (Lipinski definition) is 1. The second kappa shape index (κ2) is 12.2. The summed E-state index contributed by atoms with van der Waals surface area (Å²) < 4.78 is 16.7. The topological polar surface area (TPSA) is 99.1 Å². The van der Waals surface area contributed by atoms with E-state index in [0.717, 1.165) is 6.29 Å². The smallest absolute Gasteiger partial charge is 0.310 e. The molecule has 1 aromatic carbocycles. The zero-order valence-electron chi connectivity index (χ0n) is 17.6. The Kier molecular flexibility index (Phi) is 9.29. The molecule has 0 fully saturated rings. The molecule has 7 nitrogen and oxygen atoms in total. The molecule has 0 saturated carbocycles. The second-order valence-corrected chi connectivity index (χ2v) is 6.79. The Labute approximate surface area is 181 Å². The Hall–Kier alpha value is -3.61. The Morgan fingerprint density at radius 3 is 2.45 bits per heavy atom. The van der Waals surface area contributed by atoms with Crippen LogP contribution in [0.1, 0.15) is 44.6 Å². The number of methoxy groups -OCH3 is 1. The van der Waals surface area contributed by atoms with E-state index in [9.17, 15) is 14.4 Å². The number of rotatable bonds is 11. The van der Waals surface area contributed by atoms with Crippen molar-refractivity contribution in [2.45, 2.75) is 39.0 Å². The van der Waals surface area contributed by atoms with Crippen LogP contribution in [0.4, 0.5) is 0 Å². The largest absolute Gasteiger partial charge is 0.497 e. The first kappa shape index (κ1) is 23.7. The van der Waals surface area contributed by atoms with Crippen LogP contribution in [0.25, 0.3) is 5.76 Å². The minimum absolute atomic E-state index is 0.00527. The van der Waals surface area contributed by atoms with E-state index in [1.165, 1.54) is 0 Å². The molecule has 1 aromatic rings. The molecule has 0 unspecified atom stereocenters. The summed E-state index contributed by atoms with van der Waals surface area (Å²) >= 11 is 0. The van der Waals surface area contributed by atoms with Crippen LogP contribution in [0.3, 0.4) is 0 Å². The van der Waals surface area contributed by atoms with Crippen molar-refractivity contribution in [3.05, 3.63) is 71.2 Å². The molecule has 0 spiro atoms. The van der Waals surface area contributed by atoms with Crippen LogP contribution in [0, 0.1) is 0 Å². The predicted molar refractivity (Wildman–Crippen MR) is 115 cm³/mol. The molecule has 1 aliphatic carbocycles. The van der Waals surface area contributed by atoms with Gasteiger partial charge in [-0.05, 0) is 56.5 Å². The number of carboxylic acid groups (broad SMARTS) is 1. The molecule has 164 valence electrons. The van der Waals surface area contributed by atoms with Crippen molar-refractivity contribution in [1.82, 2.24) is 0 Å². The number of carboxylic acids is 1. The highest BCUT2D eigenvalue weighted by atomic mass is 16.6. The van der Waals surface area contributed by atoms with Crippen molar-refractivity contribution < 1.29 is 33.7 Å². The van der Waals surface area contributed by atoms with E-state index >= 15 is 0 Å². The average molecular weight is 426 g/mol. The summed E-state index contributed by atoms with van der Waals surface area (Å²) in [6.45, 7) is 1.61. The Morgan fingerprint density at radius 2 is 1.81 bits per heavy atom. The van der Waals surface area contributed by atoms with Gasteiger partial charge in [-0.15, -0.1) is 0 Å². The lowest BCUT2D eigenvalue weighted by Gasteiger charge is -2.16. The number of carbonyl (C=O) groups excluding carboxylic acids is 2. The third-order valence-electron chi connectivity index (χ3n) is 4.46. The van der Waals surface area contributed by atoms with Crippen molar-refractivity contribution >= 4 is 24.0 Å². The minimum Gasteiger partial charge on any atom is -0.497 e. The zero-order chi connectivity index (χ0) is 22.6. The van der Waals surface area contributed by atoms with E-state index in [1.807, 2.05) is 12.2 Å². The van der Waals surface area contributed by atoms with Crippen LogP contribution >= 0.6 is 0 Å². The third-order valence-corrected chi connectivity index (χ3v) is 4.46. The number of allylic oxidation sites excluding steroid dienone is 6. The summed E-state index contributed by atoms with van der Waals surface area (Å²) in [5.41, 5.74) is 1.10. The molecule has 0 amide bonds. The van der Waals surface area contributed by atoms with Gasteiger partial charge in [-0.2, -0.15) is 0 Å². The van der Waals surface area contributed by atoms with Crippen LogP contribution in [0.2, 0.25) is 0 Å². The Balaban J connectivity index is 2.27. The minimum atomic E-state index is -0.898. The summed E-state index contributed by atoms with van der Waals surface area (Å²) in [6.07, 6.45) is 9.16. The Bertz CT molecular complexity index is 918. The zero-order valence-corrected chi connectivity index (χ0v) is 17.6. The lowest BCUT2D eigenvalue weighted by molar-refractivity contribution is -0.140. The van der Waals surface area contributed by atoms with Crippen molar-refractivity contribution in [3.8, 4) is 5.75 Å². The average Bonchev–Trinajstić information content (AvgIpc) is 2.99. The van der Waals surface area contributed by atoms with Crippen molar-refractivity contribution in [2.24, 2.45) is 0 Å². The fraction of sp³-hybridized carbons (Fsp3) is 0.292. The van der Waals surface area contributed by atoms with E-state index in [4.69, 9.17) is 19.3 Å². The molecule has 2 rings (SSSR count). The molecule has 1 N–H and O–H groups in total. The fourth-order valence-corrected chi connectivity index (χ4v) is 2.83. The van der Waals surface area contributed by atoms with Crippen LogP contribution in [-0.2, 0) is 23.9 Å². The monoisotopic (exact) mass is 426 g/mol. The molecule has 7 heteroatoms. The van der Waals surface area contributed by atoms with Gasteiger partial charge in [-0.1, -0.05) is 18.2 Å². The van der Waals surface area contributed by atoms with Crippen molar-refractivity contribution in [1.29, 1.82) is 0 Å². The number of aldehydes is 1. The molecule has 0 saturated heterocycles. The first-order valence-corrected chi connectivity index (χ1v) is 9.91. The van der Waals surface area contributed by atoms with Gasteiger partial charge in [0.15, 0.2) is 5.76 Å². The number of carbonyl (C=O) groups is 3. The van der Waals surface area contributed by atoms with Crippen molar-refractivity contribution in [2.75, 3.05) is 7.11 Å². The number of benzene rings is 1. The molecule has 0 atom stereocenters. The number of ether oxygens (including phenoxy) is 3. The molecule has 1 aliphatic rings. The van der Waals surface area contributed by atoms with Gasteiger partial charge in [0.2, 0.25) is 0 Å². The lowest BCUT2D eigenvalue weighted by atomic mass is 10.1. The summed E-state index contributed by atoms with van der Waals surface area (Å²) in [5, 5.41) is 8.69. The highest BCUT2D eigenvalue weighted by molar-refractivity contribution is 5.77. The quantitative estimate of drug-likeness (QED) is 0.240. The van der Waals surface area contributed by atoms with Gasteiger partial charge < -0.3 is 19.3 Å². The summed E-state index contributed by atoms with van der Waals surface area (Å²) in [7, 11) is 1.56. The first-order valence-electron chi connectivity index (χ1n) is 9.91. The van der Waals surface area contributed by atoms with Crippen LogP contribution < -0.4 is 4.74 Å². The fourth-order valence-electron chi connectivity index (χ4n) is 2.83. The van der Waals surface area contributed by atoms with Gasteiger partial charge in [0.1, 0.15) is 23.6 Å². The molecule has 31 heavy (non-hydrogen) atoms. The molecule has 0 heterocycles. The molecule has 0 bridgehead atoms. The summed E-state index contributed by atoms with van der Waals surface area (Å²) in [5.74, 6) is 0.161.